The van der Waals surface area contributed by atoms with Crippen molar-refractivity contribution < 1.29 is 4.74 Å². The Labute approximate surface area is 117 Å². The SMILES string of the molecule is CC1CN(CC2Cc3ccccc3O2)CCC1Br. The van der Waals surface area contributed by atoms with Gasteiger partial charge in [-0.2, -0.15) is 0 Å². The number of rotatable bonds is 2. The van der Waals surface area contributed by atoms with E-state index in [0.29, 0.717) is 10.9 Å². The lowest BCUT2D eigenvalue weighted by atomic mass is 9.99. The van der Waals surface area contributed by atoms with Crippen LogP contribution in [0.3, 0.4) is 0 Å². The fraction of sp³-hybridized carbons (Fsp3) is 0.600. The highest BCUT2D eigenvalue weighted by Gasteiger charge is 2.29. The molecule has 0 radical (unpaired) electrons. The van der Waals surface area contributed by atoms with Gasteiger partial charge in [0.05, 0.1) is 0 Å². The highest BCUT2D eigenvalue weighted by molar-refractivity contribution is 9.09. The predicted molar refractivity (Wildman–Crippen MR) is 77.5 cm³/mol. The van der Waals surface area contributed by atoms with Crippen LogP contribution < -0.4 is 4.74 Å². The smallest absolute Gasteiger partial charge is 0.123 e. The third-order valence-corrected chi connectivity index (χ3v) is 5.42. The van der Waals surface area contributed by atoms with Gasteiger partial charge in [-0.3, -0.25) is 4.90 Å². The predicted octanol–water partition coefficient (Wildman–Crippen LogP) is 3.10. The van der Waals surface area contributed by atoms with Crippen molar-refractivity contribution in [3.05, 3.63) is 29.8 Å². The lowest BCUT2D eigenvalue weighted by Crippen LogP contribution is -2.44. The van der Waals surface area contributed by atoms with Crippen LogP contribution in [0.1, 0.15) is 18.9 Å². The summed E-state index contributed by atoms with van der Waals surface area (Å²) in [6.45, 7) is 5.77. The molecule has 1 aromatic rings. The van der Waals surface area contributed by atoms with Crippen LogP contribution in [0.25, 0.3) is 0 Å². The number of para-hydroxylation sites is 1. The molecule has 3 unspecified atom stereocenters. The zero-order valence-electron chi connectivity index (χ0n) is 10.8. The Hall–Kier alpha value is -0.540. The lowest BCUT2D eigenvalue weighted by Gasteiger charge is -2.35. The Balaban J connectivity index is 1.57. The maximum Gasteiger partial charge on any atom is 0.123 e. The third kappa shape index (κ3) is 2.57. The normalized spacial score (nSPS) is 32.0. The van der Waals surface area contributed by atoms with E-state index >= 15 is 0 Å². The van der Waals surface area contributed by atoms with Gasteiger partial charge >= 0.3 is 0 Å². The van der Waals surface area contributed by atoms with Gasteiger partial charge in [-0.05, 0) is 30.5 Å². The molecule has 2 aliphatic heterocycles. The molecule has 1 aromatic carbocycles. The Bertz CT molecular complexity index is 398. The molecule has 0 amide bonds. The quantitative estimate of drug-likeness (QED) is 0.778. The van der Waals surface area contributed by atoms with Gasteiger partial charge in [0.2, 0.25) is 0 Å². The largest absolute Gasteiger partial charge is 0.488 e. The van der Waals surface area contributed by atoms with Crippen molar-refractivity contribution in [3.63, 3.8) is 0 Å². The van der Waals surface area contributed by atoms with E-state index in [1.54, 1.807) is 0 Å². The van der Waals surface area contributed by atoms with Crippen LogP contribution in [0.15, 0.2) is 24.3 Å². The van der Waals surface area contributed by atoms with Gasteiger partial charge in [-0.25, -0.2) is 0 Å². The summed E-state index contributed by atoms with van der Waals surface area (Å²) in [5, 5.41) is 0. The van der Waals surface area contributed by atoms with Crippen LogP contribution in [0.4, 0.5) is 0 Å². The van der Waals surface area contributed by atoms with Crippen molar-refractivity contribution >= 4 is 15.9 Å². The molecule has 0 aliphatic carbocycles. The zero-order valence-corrected chi connectivity index (χ0v) is 12.4. The Kier molecular flexibility index (Phi) is 3.62. The monoisotopic (exact) mass is 309 g/mol. The lowest BCUT2D eigenvalue weighted by molar-refractivity contribution is 0.118. The first-order valence-electron chi connectivity index (χ1n) is 6.83. The molecule has 0 spiro atoms. The van der Waals surface area contributed by atoms with Crippen LogP contribution in [0.5, 0.6) is 5.75 Å². The Morgan fingerprint density at radius 2 is 2.22 bits per heavy atom. The van der Waals surface area contributed by atoms with Gasteiger partial charge in [0.25, 0.3) is 0 Å². The summed E-state index contributed by atoms with van der Waals surface area (Å²) in [5.74, 6) is 1.83. The van der Waals surface area contributed by atoms with Gasteiger partial charge < -0.3 is 4.74 Å². The average Bonchev–Trinajstić information content (AvgIpc) is 2.76. The molecule has 1 saturated heterocycles. The van der Waals surface area contributed by atoms with Crippen LogP contribution in [0, 0.1) is 5.92 Å². The maximum absolute atomic E-state index is 6.02. The minimum atomic E-state index is 0.349. The molecule has 2 heterocycles. The van der Waals surface area contributed by atoms with E-state index in [9.17, 15) is 0 Å². The minimum absolute atomic E-state index is 0.349. The molecular weight excluding hydrogens is 290 g/mol. The molecule has 1 fully saturated rings. The molecule has 2 aliphatic rings. The van der Waals surface area contributed by atoms with Crippen molar-refractivity contribution in [3.8, 4) is 5.75 Å². The number of likely N-dealkylation sites (tertiary alicyclic amines) is 1. The number of ether oxygens (including phenoxy) is 1. The summed E-state index contributed by atoms with van der Waals surface area (Å²) in [6.07, 6.45) is 2.67. The topological polar surface area (TPSA) is 12.5 Å². The number of fused-ring (bicyclic) bond motifs is 1. The standard InChI is InChI=1S/C15H20BrNO/c1-11-9-17(7-6-14(11)16)10-13-8-12-4-2-3-5-15(12)18-13/h2-5,11,13-14H,6-10H2,1H3. The van der Waals surface area contributed by atoms with Gasteiger partial charge in [0.15, 0.2) is 0 Å². The summed E-state index contributed by atoms with van der Waals surface area (Å²) < 4.78 is 6.02. The fourth-order valence-electron chi connectivity index (χ4n) is 3.01. The second kappa shape index (κ2) is 5.22. The Morgan fingerprint density at radius 3 is 3.00 bits per heavy atom. The van der Waals surface area contributed by atoms with Crippen molar-refractivity contribution in [1.29, 1.82) is 0 Å². The molecule has 2 nitrogen and oxygen atoms in total. The van der Waals surface area contributed by atoms with Crippen LogP contribution in [-0.2, 0) is 6.42 Å². The second-order valence-corrected chi connectivity index (χ2v) is 6.77. The highest BCUT2D eigenvalue weighted by atomic mass is 79.9. The second-order valence-electron chi connectivity index (χ2n) is 5.59. The summed E-state index contributed by atoms with van der Waals surface area (Å²) in [5.41, 5.74) is 1.37. The molecule has 3 heteroatoms. The van der Waals surface area contributed by atoms with E-state index in [1.165, 1.54) is 25.1 Å². The number of alkyl halides is 1. The van der Waals surface area contributed by atoms with E-state index in [2.05, 4.69) is 52.0 Å². The first-order chi connectivity index (χ1) is 8.72. The summed E-state index contributed by atoms with van der Waals surface area (Å²) in [6, 6.07) is 8.42. The molecule has 3 rings (SSSR count). The minimum Gasteiger partial charge on any atom is -0.488 e. The maximum atomic E-state index is 6.02. The van der Waals surface area contributed by atoms with Crippen molar-refractivity contribution in [2.45, 2.75) is 30.7 Å². The van der Waals surface area contributed by atoms with Gasteiger partial charge in [-0.1, -0.05) is 41.1 Å². The molecule has 18 heavy (non-hydrogen) atoms. The van der Waals surface area contributed by atoms with E-state index in [1.807, 2.05) is 0 Å². The van der Waals surface area contributed by atoms with E-state index in [-0.39, 0.29) is 0 Å². The molecule has 0 N–H and O–H groups in total. The number of benzene rings is 1. The fourth-order valence-corrected chi connectivity index (χ4v) is 3.38. The first kappa shape index (κ1) is 12.5. The first-order valence-corrected chi connectivity index (χ1v) is 7.75. The summed E-state index contributed by atoms with van der Waals surface area (Å²) in [7, 11) is 0. The summed E-state index contributed by atoms with van der Waals surface area (Å²) in [4.78, 5) is 3.24. The average molecular weight is 310 g/mol. The van der Waals surface area contributed by atoms with E-state index in [4.69, 9.17) is 4.74 Å². The molecule has 0 aromatic heterocycles. The molecular formula is C15H20BrNO. The molecule has 3 atom stereocenters. The van der Waals surface area contributed by atoms with Crippen molar-refractivity contribution in [2.75, 3.05) is 19.6 Å². The number of hydrogen-bond donors (Lipinski definition) is 0. The van der Waals surface area contributed by atoms with Crippen LogP contribution in [0.2, 0.25) is 0 Å². The van der Waals surface area contributed by atoms with Crippen LogP contribution in [-0.4, -0.2) is 35.5 Å². The van der Waals surface area contributed by atoms with Crippen LogP contribution >= 0.6 is 15.9 Å². The zero-order chi connectivity index (χ0) is 12.5. The third-order valence-electron chi connectivity index (χ3n) is 4.06. The Morgan fingerprint density at radius 1 is 1.39 bits per heavy atom. The van der Waals surface area contributed by atoms with Gasteiger partial charge in [-0.15, -0.1) is 0 Å². The highest BCUT2D eigenvalue weighted by Crippen LogP contribution is 2.30. The number of halogens is 1. The number of hydrogen-bond acceptors (Lipinski definition) is 2. The van der Waals surface area contributed by atoms with E-state index < -0.39 is 0 Å². The summed E-state index contributed by atoms with van der Waals surface area (Å²) >= 11 is 3.76. The van der Waals surface area contributed by atoms with Gasteiger partial charge in [0.1, 0.15) is 11.9 Å². The molecule has 98 valence electrons. The van der Waals surface area contributed by atoms with E-state index in [0.717, 1.165) is 24.6 Å². The molecule has 0 saturated carbocycles. The number of nitrogens with zero attached hydrogens (tertiary/aromatic N) is 1. The number of piperidine rings is 1. The van der Waals surface area contributed by atoms with Crippen molar-refractivity contribution in [2.24, 2.45) is 5.92 Å². The van der Waals surface area contributed by atoms with Crippen molar-refractivity contribution in [1.82, 2.24) is 4.90 Å². The molecule has 0 bridgehead atoms. The van der Waals surface area contributed by atoms with Gasteiger partial charge in [0, 0.05) is 24.3 Å².